The van der Waals surface area contributed by atoms with Crippen LogP contribution in [0.5, 0.6) is 5.75 Å². The molecule has 1 saturated heterocycles. The number of fused-ring (bicyclic) bond motifs is 1. The molecule has 4 aromatic rings. The lowest BCUT2D eigenvalue weighted by atomic mass is 9.97. The summed E-state index contributed by atoms with van der Waals surface area (Å²) in [6.07, 6.45) is -1.51. The third-order valence-electron chi connectivity index (χ3n) is 6.62. The monoisotopic (exact) mass is 540 g/mol. The van der Waals surface area contributed by atoms with Crippen molar-refractivity contribution in [2.24, 2.45) is 0 Å². The predicted molar refractivity (Wildman–Crippen MR) is 145 cm³/mol. The highest BCUT2D eigenvalue weighted by atomic mass is 35.5. The van der Waals surface area contributed by atoms with Gasteiger partial charge < -0.3 is 20.0 Å². The Labute approximate surface area is 224 Å². The molecule has 36 heavy (non-hydrogen) atoms. The second kappa shape index (κ2) is 10.2. The van der Waals surface area contributed by atoms with Crippen LogP contribution < -0.4 is 4.90 Å². The van der Waals surface area contributed by atoms with E-state index >= 15 is 0 Å². The average Bonchev–Trinajstić information content (AvgIpc) is 2.88. The molecule has 1 heterocycles. The topological polar surface area (TPSA) is 64.0 Å². The summed E-state index contributed by atoms with van der Waals surface area (Å²) in [6, 6.07) is 23.2. The molecule has 0 spiro atoms. The number of hydrogen-bond donors (Lipinski definition) is 2. The van der Waals surface area contributed by atoms with E-state index in [0.29, 0.717) is 40.1 Å². The van der Waals surface area contributed by atoms with E-state index in [9.17, 15) is 15.0 Å². The van der Waals surface area contributed by atoms with Gasteiger partial charge in [-0.3, -0.25) is 4.79 Å². The number of benzene rings is 4. The zero-order valence-corrected chi connectivity index (χ0v) is 21.4. The van der Waals surface area contributed by atoms with Gasteiger partial charge >= 0.3 is 0 Å². The van der Waals surface area contributed by atoms with Crippen molar-refractivity contribution in [2.45, 2.75) is 12.1 Å². The molecule has 1 aliphatic heterocycles. The lowest BCUT2D eigenvalue weighted by molar-refractivity contribution is -0.141. The molecule has 4 aromatic carbocycles. The number of anilines is 1. The van der Waals surface area contributed by atoms with Gasteiger partial charge in [0.2, 0.25) is 0 Å². The van der Waals surface area contributed by atoms with Crippen molar-refractivity contribution >= 4 is 57.2 Å². The van der Waals surface area contributed by atoms with E-state index < -0.39 is 12.0 Å². The highest BCUT2D eigenvalue weighted by Gasteiger charge is 2.35. The molecule has 2 unspecified atom stereocenters. The second-order valence-electron chi connectivity index (χ2n) is 8.76. The summed E-state index contributed by atoms with van der Waals surface area (Å²) in [7, 11) is 0. The molecular weight excluding hydrogens is 519 g/mol. The lowest BCUT2D eigenvalue weighted by Gasteiger charge is -2.44. The van der Waals surface area contributed by atoms with Crippen LogP contribution in [0.3, 0.4) is 0 Å². The van der Waals surface area contributed by atoms with E-state index in [2.05, 4.69) is 4.90 Å². The van der Waals surface area contributed by atoms with E-state index in [0.717, 1.165) is 16.6 Å². The molecule has 0 aliphatic carbocycles. The Kier molecular flexibility index (Phi) is 7.00. The van der Waals surface area contributed by atoms with Gasteiger partial charge in [-0.1, -0.05) is 77.3 Å². The standard InChI is InChI=1S/C28H23Cl3N2O3/c29-19-8-5-18(6-9-19)24-16-32(13-14-33(24)23-11-10-20(30)15-22(23)31)28(36)27(35)26-21-4-2-1-3-17(21)7-12-25(26)34/h1-12,15,24,27,34-35H,13-14,16H2. The van der Waals surface area contributed by atoms with Gasteiger partial charge in [-0.25, -0.2) is 0 Å². The maximum Gasteiger partial charge on any atom is 0.256 e. The van der Waals surface area contributed by atoms with E-state index in [-0.39, 0.29) is 17.4 Å². The molecule has 5 rings (SSSR count). The second-order valence-corrected chi connectivity index (χ2v) is 10.0. The fourth-order valence-corrected chi connectivity index (χ4v) is 5.47. The number of aliphatic hydroxyl groups excluding tert-OH is 1. The van der Waals surface area contributed by atoms with Gasteiger partial charge in [0.1, 0.15) is 5.75 Å². The number of hydrogen-bond acceptors (Lipinski definition) is 4. The fraction of sp³-hybridized carbons (Fsp3) is 0.179. The molecule has 1 amide bonds. The number of phenols is 1. The first-order chi connectivity index (χ1) is 17.3. The van der Waals surface area contributed by atoms with Crippen molar-refractivity contribution in [1.29, 1.82) is 0 Å². The molecule has 0 aromatic heterocycles. The molecule has 1 fully saturated rings. The minimum Gasteiger partial charge on any atom is -0.508 e. The third-order valence-corrected chi connectivity index (χ3v) is 7.41. The first kappa shape index (κ1) is 24.7. The number of aromatic hydroxyl groups is 1. The van der Waals surface area contributed by atoms with Gasteiger partial charge in [0.25, 0.3) is 5.91 Å². The minimum absolute atomic E-state index is 0.115. The van der Waals surface area contributed by atoms with Crippen molar-refractivity contribution in [1.82, 2.24) is 4.90 Å². The van der Waals surface area contributed by atoms with Crippen molar-refractivity contribution in [2.75, 3.05) is 24.5 Å². The number of piperazine rings is 1. The Bertz CT molecular complexity index is 1430. The first-order valence-corrected chi connectivity index (χ1v) is 12.6. The molecule has 8 heteroatoms. The number of nitrogens with zero attached hydrogens (tertiary/aromatic N) is 2. The van der Waals surface area contributed by atoms with Gasteiger partial charge in [0.15, 0.2) is 6.10 Å². The molecule has 1 aliphatic rings. The number of carbonyl (C=O) groups excluding carboxylic acids is 1. The van der Waals surface area contributed by atoms with Crippen LogP contribution in [-0.2, 0) is 4.79 Å². The van der Waals surface area contributed by atoms with E-state index in [1.54, 1.807) is 29.2 Å². The molecule has 5 nitrogen and oxygen atoms in total. The molecule has 0 saturated carbocycles. The lowest BCUT2D eigenvalue weighted by Crippen LogP contribution is -2.51. The number of amides is 1. The SMILES string of the molecule is O=C(C(O)c1c(O)ccc2ccccc12)N1CCN(c2ccc(Cl)cc2Cl)C(c2ccc(Cl)cc2)C1. The smallest absolute Gasteiger partial charge is 0.256 e. The average molecular weight is 542 g/mol. The largest absolute Gasteiger partial charge is 0.508 e. The van der Waals surface area contributed by atoms with Crippen LogP contribution in [0.1, 0.15) is 23.3 Å². The number of rotatable bonds is 4. The van der Waals surface area contributed by atoms with Crippen LogP contribution in [0.2, 0.25) is 15.1 Å². The Morgan fingerprint density at radius 2 is 1.61 bits per heavy atom. The quantitative estimate of drug-likeness (QED) is 0.304. The summed E-state index contributed by atoms with van der Waals surface area (Å²) in [4.78, 5) is 17.3. The molecule has 2 atom stereocenters. The van der Waals surface area contributed by atoms with Gasteiger partial charge in [0, 0.05) is 35.2 Å². The summed E-state index contributed by atoms with van der Waals surface area (Å²) in [5, 5.41) is 24.8. The number of halogens is 3. The molecule has 184 valence electrons. The summed E-state index contributed by atoms with van der Waals surface area (Å²) in [5.74, 6) is -0.585. The van der Waals surface area contributed by atoms with Crippen molar-refractivity contribution in [3.05, 3.63) is 105 Å². The number of aliphatic hydroxyl groups is 1. The maximum absolute atomic E-state index is 13.6. The van der Waals surface area contributed by atoms with E-state index in [1.165, 1.54) is 6.07 Å². The van der Waals surface area contributed by atoms with Crippen LogP contribution >= 0.6 is 34.8 Å². The van der Waals surface area contributed by atoms with Crippen LogP contribution in [0, 0.1) is 0 Å². The number of carbonyl (C=O) groups is 1. The molecule has 2 N–H and O–H groups in total. The minimum atomic E-state index is -1.51. The first-order valence-electron chi connectivity index (χ1n) is 11.5. The predicted octanol–water partition coefficient (Wildman–Crippen LogP) is 6.63. The third kappa shape index (κ3) is 4.72. The maximum atomic E-state index is 13.6. The van der Waals surface area contributed by atoms with Gasteiger partial charge in [-0.15, -0.1) is 0 Å². The summed E-state index contributed by atoms with van der Waals surface area (Å²) in [5.41, 5.74) is 1.97. The van der Waals surface area contributed by atoms with Crippen LogP contribution in [0.4, 0.5) is 5.69 Å². The van der Waals surface area contributed by atoms with Crippen LogP contribution in [-0.4, -0.2) is 40.7 Å². The Morgan fingerprint density at radius 1 is 0.889 bits per heavy atom. The van der Waals surface area contributed by atoms with Gasteiger partial charge in [-0.05, 0) is 52.7 Å². The van der Waals surface area contributed by atoms with Crippen molar-refractivity contribution in [3.8, 4) is 5.75 Å². The normalized spacial score (nSPS) is 16.8. The summed E-state index contributed by atoms with van der Waals surface area (Å²) >= 11 is 18.8. The Hall–Kier alpha value is -2.96. The highest BCUT2D eigenvalue weighted by molar-refractivity contribution is 6.36. The molecule has 0 bridgehead atoms. The van der Waals surface area contributed by atoms with Crippen LogP contribution in [0.25, 0.3) is 10.8 Å². The van der Waals surface area contributed by atoms with Gasteiger partial charge in [-0.2, -0.15) is 0 Å². The van der Waals surface area contributed by atoms with Crippen molar-refractivity contribution in [3.63, 3.8) is 0 Å². The molecule has 0 radical (unpaired) electrons. The van der Waals surface area contributed by atoms with Crippen LogP contribution in [0.15, 0.2) is 78.9 Å². The molecular formula is C28H23Cl3N2O3. The van der Waals surface area contributed by atoms with Gasteiger partial charge in [0.05, 0.1) is 16.8 Å². The fourth-order valence-electron chi connectivity index (χ4n) is 4.82. The Balaban J connectivity index is 1.48. The summed E-state index contributed by atoms with van der Waals surface area (Å²) < 4.78 is 0. The van der Waals surface area contributed by atoms with E-state index in [4.69, 9.17) is 34.8 Å². The highest BCUT2D eigenvalue weighted by Crippen LogP contribution is 2.38. The summed E-state index contributed by atoms with van der Waals surface area (Å²) in [6.45, 7) is 1.15. The zero-order chi connectivity index (χ0) is 25.4. The zero-order valence-electron chi connectivity index (χ0n) is 19.1. The Morgan fingerprint density at radius 3 is 2.36 bits per heavy atom. The van der Waals surface area contributed by atoms with E-state index in [1.807, 2.05) is 48.5 Å². The van der Waals surface area contributed by atoms with Crippen molar-refractivity contribution < 1.29 is 15.0 Å². The number of phenolic OH excluding ortho intramolecular Hbond substituents is 1.